The number of nitrogens with zero attached hydrogens (tertiary/aromatic N) is 2. The molecule has 10 heteroatoms. The van der Waals surface area contributed by atoms with Crippen LogP contribution in [0.15, 0.2) is 108 Å². The zero-order valence-corrected chi connectivity index (χ0v) is 27.9. The lowest BCUT2D eigenvalue weighted by Crippen LogP contribution is -2.53. The number of benzene rings is 4. The van der Waals surface area contributed by atoms with Crippen molar-refractivity contribution in [3.63, 3.8) is 0 Å². The maximum atomic E-state index is 15.1. The number of unbranched alkanes of at least 4 members (excludes halogenated alkanes) is 1. The molecule has 0 spiro atoms. The van der Waals surface area contributed by atoms with Crippen molar-refractivity contribution in [3.8, 4) is 5.75 Å². The molecule has 0 aromatic heterocycles. The van der Waals surface area contributed by atoms with Crippen molar-refractivity contribution in [2.24, 2.45) is 0 Å². The predicted octanol–water partition coefficient (Wildman–Crippen LogP) is 6.28. The van der Waals surface area contributed by atoms with E-state index >= 15 is 4.39 Å². The Labute approximate surface area is 277 Å². The van der Waals surface area contributed by atoms with Crippen LogP contribution < -0.4 is 14.4 Å². The Bertz CT molecular complexity index is 1720. The largest absolute Gasteiger partial charge is 0.494 e. The molecule has 0 heterocycles. The highest BCUT2D eigenvalue weighted by Gasteiger charge is 2.35. The SMILES string of the molecule is CCCCNC(=O)[C@H](Cc1ccccc1)N(Cc1ccccc1F)C(=O)CN(c1ccc(C)cc1)S(=O)(=O)c1ccc(OCC)cc1. The summed E-state index contributed by atoms with van der Waals surface area (Å²) in [5, 5.41) is 2.93. The maximum absolute atomic E-state index is 15.1. The molecule has 0 bridgehead atoms. The number of hydrogen-bond donors (Lipinski definition) is 1. The van der Waals surface area contributed by atoms with Gasteiger partial charge in [0.15, 0.2) is 0 Å². The predicted molar refractivity (Wildman–Crippen MR) is 182 cm³/mol. The smallest absolute Gasteiger partial charge is 0.264 e. The van der Waals surface area contributed by atoms with Crippen LogP contribution in [-0.2, 0) is 32.6 Å². The number of rotatable bonds is 16. The summed E-state index contributed by atoms with van der Waals surface area (Å²) in [5.41, 5.74) is 2.19. The molecular formula is C37H42FN3O5S. The molecule has 0 saturated heterocycles. The van der Waals surface area contributed by atoms with Crippen LogP contribution in [-0.4, -0.2) is 50.9 Å². The van der Waals surface area contributed by atoms with Crippen molar-refractivity contribution < 1.29 is 27.1 Å². The Balaban J connectivity index is 1.78. The number of ether oxygens (including phenoxy) is 1. The number of amides is 2. The molecule has 0 aliphatic carbocycles. The van der Waals surface area contributed by atoms with Crippen molar-refractivity contribution in [2.45, 2.75) is 57.5 Å². The fourth-order valence-electron chi connectivity index (χ4n) is 5.11. The average molecular weight is 660 g/mol. The number of halogens is 1. The molecular weight excluding hydrogens is 617 g/mol. The van der Waals surface area contributed by atoms with Gasteiger partial charge < -0.3 is 15.0 Å². The molecule has 0 aliphatic rings. The van der Waals surface area contributed by atoms with Gasteiger partial charge in [-0.25, -0.2) is 12.8 Å². The number of aryl methyl sites for hydroxylation is 1. The summed E-state index contributed by atoms with van der Waals surface area (Å²) in [5.74, 6) is -1.08. The number of sulfonamides is 1. The molecule has 0 saturated carbocycles. The van der Waals surface area contributed by atoms with Crippen LogP contribution in [0.5, 0.6) is 5.75 Å². The number of carbonyl (C=O) groups is 2. The van der Waals surface area contributed by atoms with Gasteiger partial charge in [-0.2, -0.15) is 0 Å². The summed E-state index contributed by atoms with van der Waals surface area (Å²) in [6.45, 7) is 5.68. The number of anilines is 1. The Hall–Kier alpha value is -4.70. The number of nitrogens with one attached hydrogen (secondary N) is 1. The summed E-state index contributed by atoms with van der Waals surface area (Å²) in [6, 6.07) is 27.0. The molecule has 4 aromatic carbocycles. The Morgan fingerprint density at radius 3 is 2.17 bits per heavy atom. The Morgan fingerprint density at radius 1 is 0.872 bits per heavy atom. The summed E-state index contributed by atoms with van der Waals surface area (Å²) >= 11 is 0. The number of carbonyl (C=O) groups excluding carboxylic acids is 2. The van der Waals surface area contributed by atoms with Crippen LogP contribution in [0, 0.1) is 12.7 Å². The second-order valence-corrected chi connectivity index (χ2v) is 13.1. The molecule has 2 amide bonds. The van der Waals surface area contributed by atoms with E-state index in [9.17, 15) is 18.0 Å². The first-order valence-electron chi connectivity index (χ1n) is 15.8. The van der Waals surface area contributed by atoms with Crippen LogP contribution in [0.25, 0.3) is 0 Å². The third-order valence-corrected chi connectivity index (χ3v) is 9.51. The van der Waals surface area contributed by atoms with Crippen LogP contribution in [0.2, 0.25) is 0 Å². The first kappa shape index (κ1) is 35.2. The van der Waals surface area contributed by atoms with Crippen molar-refractivity contribution in [2.75, 3.05) is 24.0 Å². The number of hydrogen-bond acceptors (Lipinski definition) is 5. The van der Waals surface area contributed by atoms with Crippen LogP contribution >= 0.6 is 0 Å². The van der Waals surface area contributed by atoms with E-state index in [0.29, 0.717) is 18.9 Å². The highest BCUT2D eigenvalue weighted by molar-refractivity contribution is 7.92. The normalized spacial score (nSPS) is 11.8. The molecule has 0 radical (unpaired) electrons. The summed E-state index contributed by atoms with van der Waals surface area (Å²) in [7, 11) is -4.28. The molecule has 1 N–H and O–H groups in total. The minimum Gasteiger partial charge on any atom is -0.494 e. The molecule has 4 rings (SSSR count). The first-order valence-corrected chi connectivity index (χ1v) is 17.2. The lowest BCUT2D eigenvalue weighted by Gasteiger charge is -2.34. The highest BCUT2D eigenvalue weighted by atomic mass is 32.2. The van der Waals surface area contributed by atoms with Gasteiger partial charge in [0, 0.05) is 25.1 Å². The summed E-state index contributed by atoms with van der Waals surface area (Å²) in [6.07, 6.45) is 1.75. The summed E-state index contributed by atoms with van der Waals surface area (Å²) in [4.78, 5) is 29.5. The Morgan fingerprint density at radius 2 is 1.53 bits per heavy atom. The second kappa shape index (κ2) is 16.7. The van der Waals surface area contributed by atoms with E-state index in [1.54, 1.807) is 54.6 Å². The van der Waals surface area contributed by atoms with Gasteiger partial charge in [-0.15, -0.1) is 0 Å². The quantitative estimate of drug-likeness (QED) is 0.143. The first-order chi connectivity index (χ1) is 22.6. The van der Waals surface area contributed by atoms with Gasteiger partial charge in [0.05, 0.1) is 17.2 Å². The van der Waals surface area contributed by atoms with E-state index in [1.165, 1.54) is 23.1 Å². The lowest BCUT2D eigenvalue weighted by atomic mass is 10.0. The van der Waals surface area contributed by atoms with Crippen molar-refractivity contribution in [3.05, 3.63) is 126 Å². The van der Waals surface area contributed by atoms with Crippen molar-refractivity contribution >= 4 is 27.5 Å². The molecule has 8 nitrogen and oxygen atoms in total. The van der Waals surface area contributed by atoms with Gasteiger partial charge in [0.2, 0.25) is 11.8 Å². The third kappa shape index (κ3) is 9.42. The van der Waals surface area contributed by atoms with Crippen LogP contribution in [0.1, 0.15) is 43.4 Å². The van der Waals surface area contributed by atoms with Gasteiger partial charge in [-0.1, -0.05) is 79.6 Å². The second-order valence-electron chi connectivity index (χ2n) is 11.2. The molecule has 4 aromatic rings. The molecule has 248 valence electrons. The van der Waals surface area contributed by atoms with Gasteiger partial charge in [0.25, 0.3) is 10.0 Å². The van der Waals surface area contributed by atoms with E-state index in [2.05, 4.69) is 5.32 Å². The van der Waals surface area contributed by atoms with Gasteiger partial charge in [-0.05, 0) is 68.3 Å². The van der Waals surface area contributed by atoms with Crippen molar-refractivity contribution in [1.29, 1.82) is 0 Å². The molecule has 1 atom stereocenters. The standard InChI is InChI=1S/C37H42FN3O5S/c1-4-6-24-39-37(43)35(25-29-12-8-7-9-13-29)40(26-30-14-10-11-15-34(30)38)36(42)27-41(31-18-16-28(3)17-19-31)47(44,45)33-22-20-32(21-23-33)46-5-2/h7-23,35H,4-6,24-27H2,1-3H3,(H,39,43)/t35-/m0/s1. The molecule has 0 fully saturated rings. The fraction of sp³-hybridized carbons (Fsp3) is 0.297. The van der Waals surface area contributed by atoms with Gasteiger partial charge in [0.1, 0.15) is 24.2 Å². The fourth-order valence-corrected chi connectivity index (χ4v) is 6.53. The molecule has 0 aliphatic heterocycles. The zero-order chi connectivity index (χ0) is 33.8. The van der Waals surface area contributed by atoms with Crippen molar-refractivity contribution in [1.82, 2.24) is 10.2 Å². The molecule has 47 heavy (non-hydrogen) atoms. The monoisotopic (exact) mass is 659 g/mol. The Kier molecular flexibility index (Phi) is 12.5. The highest BCUT2D eigenvalue weighted by Crippen LogP contribution is 2.27. The minimum absolute atomic E-state index is 0.0341. The zero-order valence-electron chi connectivity index (χ0n) is 27.1. The summed E-state index contributed by atoms with van der Waals surface area (Å²) < 4.78 is 50.0. The minimum atomic E-state index is -4.28. The third-order valence-electron chi connectivity index (χ3n) is 7.72. The maximum Gasteiger partial charge on any atom is 0.264 e. The van der Waals surface area contributed by atoms with Crippen LogP contribution in [0.4, 0.5) is 10.1 Å². The molecule has 0 unspecified atom stereocenters. The van der Waals surface area contributed by atoms with Gasteiger partial charge in [-0.3, -0.25) is 13.9 Å². The lowest BCUT2D eigenvalue weighted by molar-refractivity contribution is -0.140. The van der Waals surface area contributed by atoms with Gasteiger partial charge >= 0.3 is 0 Å². The average Bonchev–Trinajstić information content (AvgIpc) is 3.07. The van der Waals surface area contributed by atoms with E-state index in [1.807, 2.05) is 51.1 Å². The van der Waals surface area contributed by atoms with E-state index in [4.69, 9.17) is 4.74 Å². The van der Waals surface area contributed by atoms with Crippen LogP contribution in [0.3, 0.4) is 0 Å². The topological polar surface area (TPSA) is 96.0 Å². The van der Waals surface area contributed by atoms with E-state index in [0.717, 1.165) is 28.3 Å². The van der Waals surface area contributed by atoms with E-state index < -0.39 is 40.2 Å². The van der Waals surface area contributed by atoms with E-state index in [-0.39, 0.29) is 29.1 Å².